The van der Waals surface area contributed by atoms with Crippen molar-refractivity contribution < 1.29 is 14.3 Å². The van der Waals surface area contributed by atoms with Crippen molar-refractivity contribution in [3.8, 4) is 17.0 Å². The number of amides is 1. The molecule has 1 atom stereocenters. The van der Waals surface area contributed by atoms with Crippen molar-refractivity contribution in [2.75, 3.05) is 7.11 Å². The van der Waals surface area contributed by atoms with Crippen LogP contribution in [0.2, 0.25) is 0 Å². The van der Waals surface area contributed by atoms with Crippen LogP contribution in [0.25, 0.3) is 22.2 Å². The van der Waals surface area contributed by atoms with E-state index in [-0.39, 0.29) is 5.91 Å². The predicted molar refractivity (Wildman–Crippen MR) is 128 cm³/mol. The number of aryl methyl sites for hydroxylation is 1. The highest BCUT2D eigenvalue weighted by Gasteiger charge is 2.34. The third-order valence-corrected chi connectivity index (χ3v) is 5.67. The van der Waals surface area contributed by atoms with Crippen LogP contribution in [0.1, 0.15) is 29.8 Å². The van der Waals surface area contributed by atoms with Crippen molar-refractivity contribution in [3.63, 3.8) is 0 Å². The van der Waals surface area contributed by atoms with Gasteiger partial charge in [-0.3, -0.25) is 4.79 Å². The maximum Gasteiger partial charge on any atom is 0.243 e. The predicted octanol–water partition coefficient (Wildman–Crippen LogP) is 5.46. The van der Waals surface area contributed by atoms with Crippen LogP contribution in [0.4, 0.5) is 0 Å². The molecule has 2 heterocycles. The molecule has 0 fully saturated rings. The van der Waals surface area contributed by atoms with Crippen molar-refractivity contribution in [1.29, 1.82) is 0 Å². The summed E-state index contributed by atoms with van der Waals surface area (Å²) in [4.78, 5) is 17.4. The zero-order valence-corrected chi connectivity index (χ0v) is 18.6. The van der Waals surface area contributed by atoms with Crippen LogP contribution in [-0.2, 0) is 9.53 Å². The molecule has 1 aromatic heterocycles. The number of benzene rings is 3. The van der Waals surface area contributed by atoms with Crippen molar-refractivity contribution in [3.05, 3.63) is 95.6 Å². The van der Waals surface area contributed by atoms with E-state index in [4.69, 9.17) is 14.5 Å². The SMILES string of the molecule is COc1ccc(-c2cc(C3OC(c4ccc(C)cc4)=NN3C(C)=O)c3ccccc3n2)cc1. The van der Waals surface area contributed by atoms with Crippen LogP contribution in [0.15, 0.2) is 84.0 Å². The number of hydrogen-bond acceptors (Lipinski definition) is 5. The van der Waals surface area contributed by atoms with Crippen LogP contribution in [0, 0.1) is 6.92 Å². The second-order valence-electron chi connectivity index (χ2n) is 7.95. The topological polar surface area (TPSA) is 64.0 Å². The number of fused-ring (bicyclic) bond motifs is 1. The van der Waals surface area contributed by atoms with E-state index in [1.807, 2.05) is 85.8 Å². The normalized spacial score (nSPS) is 15.3. The largest absolute Gasteiger partial charge is 0.497 e. The maximum absolute atomic E-state index is 12.5. The Bertz CT molecular complexity index is 1360. The van der Waals surface area contributed by atoms with Gasteiger partial charge in [0.05, 0.1) is 18.3 Å². The molecule has 6 nitrogen and oxygen atoms in total. The molecule has 1 unspecified atom stereocenters. The standard InChI is InChI=1S/C27H23N3O3/c1-17-8-10-20(11-9-17)26-29-30(18(2)31)27(33-26)23-16-25(19-12-14-21(32-3)15-13-19)28-24-7-5-4-6-22(23)24/h4-16,27H,1-3H3. The summed E-state index contributed by atoms with van der Waals surface area (Å²) in [5, 5.41) is 6.82. The zero-order chi connectivity index (χ0) is 22.9. The van der Waals surface area contributed by atoms with Crippen molar-refractivity contribution in [2.24, 2.45) is 5.10 Å². The molecular formula is C27H23N3O3. The lowest BCUT2D eigenvalue weighted by molar-refractivity contribution is -0.135. The van der Waals surface area contributed by atoms with E-state index in [2.05, 4.69) is 5.10 Å². The van der Waals surface area contributed by atoms with E-state index in [1.165, 1.54) is 11.9 Å². The van der Waals surface area contributed by atoms with Gasteiger partial charge in [-0.2, -0.15) is 5.01 Å². The van der Waals surface area contributed by atoms with Crippen molar-refractivity contribution in [1.82, 2.24) is 9.99 Å². The number of ether oxygens (including phenoxy) is 2. The first-order valence-corrected chi connectivity index (χ1v) is 10.7. The monoisotopic (exact) mass is 437 g/mol. The number of carbonyl (C=O) groups is 1. The van der Waals surface area contributed by atoms with Crippen LogP contribution < -0.4 is 4.74 Å². The fourth-order valence-electron chi connectivity index (χ4n) is 3.90. The van der Waals surface area contributed by atoms with Gasteiger partial charge >= 0.3 is 0 Å². The molecule has 4 aromatic rings. The Hall–Kier alpha value is -4.19. The van der Waals surface area contributed by atoms with Gasteiger partial charge in [-0.05, 0) is 55.5 Å². The molecular weight excluding hydrogens is 414 g/mol. The Morgan fingerprint density at radius 2 is 1.67 bits per heavy atom. The smallest absolute Gasteiger partial charge is 0.243 e. The lowest BCUT2D eigenvalue weighted by atomic mass is 10.0. The second-order valence-corrected chi connectivity index (χ2v) is 7.95. The molecule has 0 saturated heterocycles. The number of nitrogens with zero attached hydrogens (tertiary/aromatic N) is 3. The minimum absolute atomic E-state index is 0.200. The van der Waals surface area contributed by atoms with Gasteiger partial charge in [-0.1, -0.05) is 35.9 Å². The van der Waals surface area contributed by atoms with E-state index in [0.29, 0.717) is 5.90 Å². The van der Waals surface area contributed by atoms with Crippen LogP contribution >= 0.6 is 0 Å². The summed E-state index contributed by atoms with van der Waals surface area (Å²) in [6, 6.07) is 25.4. The molecule has 1 aliphatic rings. The highest BCUT2D eigenvalue weighted by molar-refractivity contribution is 5.97. The molecule has 5 rings (SSSR count). The average Bonchev–Trinajstić information content (AvgIpc) is 3.29. The van der Waals surface area contributed by atoms with Crippen LogP contribution in [0.3, 0.4) is 0 Å². The second kappa shape index (κ2) is 8.39. The summed E-state index contributed by atoms with van der Waals surface area (Å²) >= 11 is 0. The van der Waals surface area contributed by atoms with E-state index in [1.54, 1.807) is 7.11 Å². The summed E-state index contributed by atoms with van der Waals surface area (Å²) in [5.41, 5.74) is 5.32. The number of para-hydroxylation sites is 1. The quantitative estimate of drug-likeness (QED) is 0.425. The van der Waals surface area contributed by atoms with Gasteiger partial charge in [0, 0.05) is 29.0 Å². The molecule has 1 amide bonds. The Morgan fingerprint density at radius 3 is 2.36 bits per heavy atom. The van der Waals surface area contributed by atoms with Gasteiger partial charge in [0.1, 0.15) is 5.75 Å². The Morgan fingerprint density at radius 1 is 0.970 bits per heavy atom. The first-order valence-electron chi connectivity index (χ1n) is 10.7. The fraction of sp³-hybridized carbons (Fsp3) is 0.148. The number of hydrazone groups is 1. The number of aromatic nitrogens is 1. The molecule has 33 heavy (non-hydrogen) atoms. The van der Waals surface area contributed by atoms with E-state index >= 15 is 0 Å². The summed E-state index contributed by atoms with van der Waals surface area (Å²) in [6.45, 7) is 3.52. The zero-order valence-electron chi connectivity index (χ0n) is 18.6. The maximum atomic E-state index is 12.5. The summed E-state index contributed by atoms with van der Waals surface area (Å²) in [5.74, 6) is 0.994. The molecule has 0 N–H and O–H groups in total. The number of carbonyl (C=O) groups excluding carboxylic acids is 1. The average molecular weight is 437 g/mol. The van der Waals surface area contributed by atoms with Gasteiger partial charge in [0.2, 0.25) is 18.0 Å². The van der Waals surface area contributed by atoms with E-state index in [9.17, 15) is 4.79 Å². The Kier molecular flexibility index (Phi) is 5.26. The molecule has 3 aromatic carbocycles. The third kappa shape index (κ3) is 3.91. The third-order valence-electron chi connectivity index (χ3n) is 5.67. The minimum Gasteiger partial charge on any atom is -0.497 e. The summed E-state index contributed by atoms with van der Waals surface area (Å²) in [6.07, 6.45) is -0.691. The van der Waals surface area contributed by atoms with Gasteiger partial charge < -0.3 is 9.47 Å². The molecule has 0 spiro atoms. The van der Waals surface area contributed by atoms with E-state index in [0.717, 1.165) is 44.6 Å². The first kappa shape index (κ1) is 20.7. The summed E-state index contributed by atoms with van der Waals surface area (Å²) in [7, 11) is 1.64. The number of hydrogen-bond donors (Lipinski definition) is 0. The van der Waals surface area contributed by atoms with Crippen LogP contribution in [-0.4, -0.2) is 28.9 Å². The molecule has 0 radical (unpaired) electrons. The minimum atomic E-state index is -0.691. The fourth-order valence-corrected chi connectivity index (χ4v) is 3.90. The summed E-state index contributed by atoms with van der Waals surface area (Å²) < 4.78 is 11.6. The van der Waals surface area contributed by atoms with Gasteiger partial charge in [-0.15, -0.1) is 5.10 Å². The van der Waals surface area contributed by atoms with Crippen LogP contribution in [0.5, 0.6) is 5.75 Å². The highest BCUT2D eigenvalue weighted by atomic mass is 16.5. The Labute approximate surface area is 192 Å². The molecule has 6 heteroatoms. The van der Waals surface area contributed by atoms with E-state index < -0.39 is 6.23 Å². The molecule has 1 aliphatic heterocycles. The number of methoxy groups -OCH3 is 1. The Balaban J connectivity index is 1.61. The number of rotatable bonds is 4. The first-order chi connectivity index (χ1) is 16.0. The van der Waals surface area contributed by atoms with Gasteiger partial charge in [-0.25, -0.2) is 4.98 Å². The molecule has 0 saturated carbocycles. The molecule has 0 bridgehead atoms. The van der Waals surface area contributed by atoms with Crippen molar-refractivity contribution >= 4 is 22.7 Å². The van der Waals surface area contributed by atoms with Crippen molar-refractivity contribution in [2.45, 2.75) is 20.1 Å². The molecule has 164 valence electrons. The lowest BCUT2D eigenvalue weighted by Crippen LogP contribution is -2.25. The lowest BCUT2D eigenvalue weighted by Gasteiger charge is -2.21. The highest BCUT2D eigenvalue weighted by Crippen LogP contribution is 2.36. The van der Waals surface area contributed by atoms with Gasteiger partial charge in [0.25, 0.3) is 0 Å². The van der Waals surface area contributed by atoms with Gasteiger partial charge in [0.15, 0.2) is 0 Å². The number of pyridine rings is 1. The molecule has 0 aliphatic carbocycles.